The van der Waals surface area contributed by atoms with Gasteiger partial charge in [0.15, 0.2) is 0 Å². The topological polar surface area (TPSA) is 64.6 Å². The number of nitrogens with zero attached hydrogens (tertiary/aromatic N) is 1. The molecule has 3 N–H and O–H groups in total. The van der Waals surface area contributed by atoms with E-state index in [1.165, 1.54) is 0 Å². The van der Waals surface area contributed by atoms with E-state index in [9.17, 15) is 4.79 Å². The Hall–Kier alpha value is -0.650. The normalized spacial score (nSPS) is 19.2. The van der Waals surface area contributed by atoms with Crippen LogP contribution in [-0.4, -0.2) is 61.8 Å². The van der Waals surface area contributed by atoms with Crippen LogP contribution in [0.15, 0.2) is 0 Å². The van der Waals surface area contributed by atoms with Crippen molar-refractivity contribution in [2.45, 2.75) is 26.2 Å². The zero-order chi connectivity index (χ0) is 13.2. The second kappa shape index (κ2) is 9.30. The Kier molecular flexibility index (Phi) is 7.96. The molecule has 1 saturated heterocycles. The smallest absolute Gasteiger partial charge is 0.234 e. The summed E-state index contributed by atoms with van der Waals surface area (Å²) >= 11 is 0. The van der Waals surface area contributed by atoms with Gasteiger partial charge in [-0.3, -0.25) is 9.69 Å². The van der Waals surface area contributed by atoms with Crippen molar-refractivity contribution in [3.8, 4) is 0 Å². The van der Waals surface area contributed by atoms with Crippen LogP contribution in [0.2, 0.25) is 0 Å². The Morgan fingerprint density at radius 1 is 1.44 bits per heavy atom. The van der Waals surface area contributed by atoms with Gasteiger partial charge in [-0.25, -0.2) is 0 Å². The van der Waals surface area contributed by atoms with Gasteiger partial charge in [0.1, 0.15) is 0 Å². The fourth-order valence-corrected chi connectivity index (χ4v) is 2.09. The van der Waals surface area contributed by atoms with E-state index in [2.05, 4.69) is 15.5 Å². The average molecular weight is 257 g/mol. The lowest BCUT2D eigenvalue weighted by atomic mass is 10.1. The van der Waals surface area contributed by atoms with Crippen molar-refractivity contribution in [2.75, 3.05) is 45.9 Å². The minimum atomic E-state index is 0.119. The van der Waals surface area contributed by atoms with E-state index in [1.54, 1.807) is 0 Å². The van der Waals surface area contributed by atoms with Crippen LogP contribution in [0.5, 0.6) is 0 Å². The van der Waals surface area contributed by atoms with E-state index in [0.717, 1.165) is 52.0 Å². The zero-order valence-corrected chi connectivity index (χ0v) is 11.5. The van der Waals surface area contributed by atoms with E-state index in [0.29, 0.717) is 12.5 Å². The maximum absolute atomic E-state index is 11.7. The van der Waals surface area contributed by atoms with Gasteiger partial charge < -0.3 is 15.7 Å². The van der Waals surface area contributed by atoms with E-state index >= 15 is 0 Å². The highest BCUT2D eigenvalue weighted by Gasteiger charge is 2.12. The fraction of sp³-hybridized carbons (Fsp3) is 0.923. The van der Waals surface area contributed by atoms with Gasteiger partial charge in [0, 0.05) is 26.2 Å². The molecule has 106 valence electrons. The fourth-order valence-electron chi connectivity index (χ4n) is 2.09. The Morgan fingerprint density at radius 3 is 3.06 bits per heavy atom. The molecule has 1 atom stereocenters. The molecule has 1 fully saturated rings. The van der Waals surface area contributed by atoms with Gasteiger partial charge in [0.05, 0.1) is 6.54 Å². The van der Waals surface area contributed by atoms with Gasteiger partial charge in [-0.1, -0.05) is 6.92 Å². The molecule has 0 aromatic heterocycles. The number of amides is 1. The summed E-state index contributed by atoms with van der Waals surface area (Å²) in [5, 5.41) is 15.2. The standard InChI is InChI=1S/C13H27N3O2/c1-12(11-17)4-2-6-15-13(18)10-16-8-3-5-14-7-9-16/h12,14,17H,2-11H2,1H3,(H,15,18). The van der Waals surface area contributed by atoms with Crippen molar-refractivity contribution < 1.29 is 9.90 Å². The zero-order valence-electron chi connectivity index (χ0n) is 11.5. The third kappa shape index (κ3) is 6.93. The first kappa shape index (κ1) is 15.4. The van der Waals surface area contributed by atoms with Crippen molar-refractivity contribution in [3.05, 3.63) is 0 Å². The Bertz CT molecular complexity index is 228. The lowest BCUT2D eigenvalue weighted by molar-refractivity contribution is -0.122. The van der Waals surface area contributed by atoms with Gasteiger partial charge in [-0.05, 0) is 38.3 Å². The number of aliphatic hydroxyl groups excluding tert-OH is 1. The molecule has 0 saturated carbocycles. The number of aliphatic hydroxyl groups is 1. The van der Waals surface area contributed by atoms with Gasteiger partial charge in [0.2, 0.25) is 5.91 Å². The maximum Gasteiger partial charge on any atom is 0.234 e. The highest BCUT2D eigenvalue weighted by molar-refractivity contribution is 5.77. The molecule has 18 heavy (non-hydrogen) atoms. The van der Waals surface area contributed by atoms with Crippen molar-refractivity contribution in [1.29, 1.82) is 0 Å². The summed E-state index contributed by atoms with van der Waals surface area (Å²) in [7, 11) is 0. The van der Waals surface area contributed by atoms with Crippen molar-refractivity contribution in [3.63, 3.8) is 0 Å². The lowest BCUT2D eigenvalue weighted by Gasteiger charge is -2.18. The number of hydrogen-bond donors (Lipinski definition) is 3. The van der Waals surface area contributed by atoms with E-state index in [1.807, 2.05) is 6.92 Å². The molecule has 1 heterocycles. The third-order valence-corrected chi connectivity index (χ3v) is 3.31. The summed E-state index contributed by atoms with van der Waals surface area (Å²) in [6, 6.07) is 0. The van der Waals surface area contributed by atoms with Crippen LogP contribution in [0.3, 0.4) is 0 Å². The lowest BCUT2D eigenvalue weighted by Crippen LogP contribution is -2.39. The van der Waals surface area contributed by atoms with Crippen molar-refractivity contribution in [1.82, 2.24) is 15.5 Å². The van der Waals surface area contributed by atoms with E-state index in [4.69, 9.17) is 5.11 Å². The molecule has 1 unspecified atom stereocenters. The first-order valence-corrected chi connectivity index (χ1v) is 7.03. The number of hydrogen-bond acceptors (Lipinski definition) is 4. The van der Waals surface area contributed by atoms with Gasteiger partial charge in [-0.2, -0.15) is 0 Å². The largest absolute Gasteiger partial charge is 0.396 e. The van der Waals surface area contributed by atoms with Gasteiger partial charge >= 0.3 is 0 Å². The van der Waals surface area contributed by atoms with Crippen molar-refractivity contribution in [2.24, 2.45) is 5.92 Å². The molecule has 0 spiro atoms. The molecule has 0 aromatic rings. The highest BCUT2D eigenvalue weighted by atomic mass is 16.3. The van der Waals surface area contributed by atoms with Crippen LogP contribution in [0.1, 0.15) is 26.2 Å². The van der Waals surface area contributed by atoms with Crippen LogP contribution in [0, 0.1) is 5.92 Å². The summed E-state index contributed by atoms with van der Waals surface area (Å²) in [4.78, 5) is 13.9. The molecule has 0 aromatic carbocycles. The predicted molar refractivity (Wildman–Crippen MR) is 72.4 cm³/mol. The number of carbonyl (C=O) groups excluding carboxylic acids is 1. The molecule has 0 radical (unpaired) electrons. The summed E-state index contributed by atoms with van der Waals surface area (Å²) in [6.07, 6.45) is 3.01. The average Bonchev–Trinajstić information content (AvgIpc) is 2.63. The molecule has 5 heteroatoms. The molecular weight excluding hydrogens is 230 g/mol. The van der Waals surface area contributed by atoms with Gasteiger partial charge in [-0.15, -0.1) is 0 Å². The molecule has 1 amide bonds. The summed E-state index contributed by atoms with van der Waals surface area (Å²) < 4.78 is 0. The van der Waals surface area contributed by atoms with Crippen LogP contribution < -0.4 is 10.6 Å². The second-order valence-electron chi connectivity index (χ2n) is 5.16. The van der Waals surface area contributed by atoms with Crippen LogP contribution in [-0.2, 0) is 4.79 Å². The van der Waals surface area contributed by atoms with Gasteiger partial charge in [0.25, 0.3) is 0 Å². The molecule has 1 rings (SSSR count). The molecular formula is C13H27N3O2. The third-order valence-electron chi connectivity index (χ3n) is 3.31. The first-order valence-electron chi connectivity index (χ1n) is 7.03. The summed E-state index contributed by atoms with van der Waals surface area (Å²) in [5.41, 5.74) is 0. The van der Waals surface area contributed by atoms with Crippen LogP contribution in [0.4, 0.5) is 0 Å². The Balaban J connectivity index is 2.05. The SMILES string of the molecule is CC(CO)CCCNC(=O)CN1CCCNCC1. The predicted octanol–water partition coefficient (Wildman–Crippen LogP) is -0.193. The highest BCUT2D eigenvalue weighted by Crippen LogP contribution is 2.02. The minimum absolute atomic E-state index is 0.119. The molecule has 1 aliphatic rings. The monoisotopic (exact) mass is 257 g/mol. The van der Waals surface area contributed by atoms with Crippen LogP contribution in [0.25, 0.3) is 0 Å². The molecule has 0 bridgehead atoms. The summed E-state index contributed by atoms with van der Waals surface area (Å²) in [5.74, 6) is 0.451. The quantitative estimate of drug-likeness (QED) is 0.553. The molecule has 5 nitrogen and oxygen atoms in total. The molecule has 1 aliphatic heterocycles. The first-order chi connectivity index (χ1) is 8.72. The van der Waals surface area contributed by atoms with Crippen LogP contribution >= 0.6 is 0 Å². The minimum Gasteiger partial charge on any atom is -0.396 e. The van der Waals surface area contributed by atoms with E-state index < -0.39 is 0 Å². The van der Waals surface area contributed by atoms with E-state index in [-0.39, 0.29) is 12.5 Å². The number of rotatable bonds is 7. The van der Waals surface area contributed by atoms with Crippen molar-refractivity contribution >= 4 is 5.91 Å². The maximum atomic E-state index is 11.7. The second-order valence-corrected chi connectivity index (χ2v) is 5.16. The summed E-state index contributed by atoms with van der Waals surface area (Å²) in [6.45, 7) is 7.46. The molecule has 0 aliphatic carbocycles. The number of carbonyl (C=O) groups is 1. The Labute approximate surface area is 110 Å². The Morgan fingerprint density at radius 2 is 2.28 bits per heavy atom. The number of nitrogens with one attached hydrogen (secondary N) is 2.